The van der Waals surface area contributed by atoms with Gasteiger partial charge in [-0.1, -0.05) is 55.7 Å². The summed E-state index contributed by atoms with van der Waals surface area (Å²) in [7, 11) is 0. The highest BCUT2D eigenvalue weighted by molar-refractivity contribution is 5.84. The van der Waals surface area contributed by atoms with E-state index in [9.17, 15) is 0 Å². The van der Waals surface area contributed by atoms with Gasteiger partial charge in [-0.3, -0.25) is 4.99 Å². The van der Waals surface area contributed by atoms with Crippen LogP contribution in [-0.2, 0) is 0 Å². The van der Waals surface area contributed by atoms with Gasteiger partial charge in [-0.2, -0.15) is 0 Å². The van der Waals surface area contributed by atoms with Crippen LogP contribution >= 0.6 is 0 Å². The monoisotopic (exact) mass is 227 g/mol. The summed E-state index contributed by atoms with van der Waals surface area (Å²) in [5, 5.41) is 0. The molecule has 1 aromatic rings. The molecule has 0 radical (unpaired) electrons. The average Bonchev–Trinajstić information content (AvgIpc) is 2.39. The number of rotatable bonds is 3. The van der Waals surface area contributed by atoms with Crippen molar-refractivity contribution in [2.75, 3.05) is 0 Å². The minimum Gasteiger partial charge on any atom is -0.290 e. The van der Waals surface area contributed by atoms with Gasteiger partial charge < -0.3 is 0 Å². The third-order valence-electron chi connectivity index (χ3n) is 3.26. The maximum atomic E-state index is 4.69. The van der Waals surface area contributed by atoms with Crippen molar-refractivity contribution in [2.45, 2.75) is 45.1 Å². The smallest absolute Gasteiger partial charge is 0.0499 e. The molecule has 0 atom stereocenters. The van der Waals surface area contributed by atoms with Crippen LogP contribution < -0.4 is 0 Å². The number of allylic oxidation sites excluding steroid dienone is 1. The fourth-order valence-electron chi connectivity index (χ4n) is 2.30. The van der Waals surface area contributed by atoms with Gasteiger partial charge in [0.2, 0.25) is 0 Å². The maximum Gasteiger partial charge on any atom is 0.0499 e. The second kappa shape index (κ2) is 6.39. The van der Waals surface area contributed by atoms with E-state index in [0.29, 0.717) is 6.04 Å². The summed E-state index contributed by atoms with van der Waals surface area (Å²) in [4.78, 5) is 4.69. The quantitative estimate of drug-likeness (QED) is 0.674. The highest BCUT2D eigenvalue weighted by atomic mass is 14.8. The highest BCUT2D eigenvalue weighted by Crippen LogP contribution is 2.20. The molecule has 90 valence electrons. The molecule has 2 rings (SSSR count). The van der Waals surface area contributed by atoms with E-state index in [1.165, 1.54) is 43.2 Å². The zero-order valence-corrected chi connectivity index (χ0v) is 10.6. The van der Waals surface area contributed by atoms with E-state index in [2.05, 4.69) is 42.3 Å². The Hall–Kier alpha value is -1.37. The molecule has 0 aromatic heterocycles. The van der Waals surface area contributed by atoms with Crippen molar-refractivity contribution in [2.24, 2.45) is 4.99 Å². The van der Waals surface area contributed by atoms with Crippen LogP contribution in [0, 0.1) is 0 Å². The molecule has 0 N–H and O–H groups in total. The van der Waals surface area contributed by atoms with Crippen molar-refractivity contribution >= 4 is 12.3 Å². The van der Waals surface area contributed by atoms with Crippen LogP contribution in [0.3, 0.4) is 0 Å². The lowest BCUT2D eigenvalue weighted by molar-refractivity contribution is 0.444. The molecule has 0 bridgehead atoms. The van der Waals surface area contributed by atoms with E-state index < -0.39 is 0 Å². The first kappa shape index (κ1) is 12.1. The molecule has 0 saturated heterocycles. The van der Waals surface area contributed by atoms with Crippen LogP contribution in [-0.4, -0.2) is 12.3 Å². The van der Waals surface area contributed by atoms with Crippen LogP contribution in [0.2, 0.25) is 0 Å². The summed E-state index contributed by atoms with van der Waals surface area (Å²) < 4.78 is 0. The molecule has 1 aliphatic carbocycles. The molecular formula is C16H21N. The van der Waals surface area contributed by atoms with Crippen molar-refractivity contribution in [3.05, 3.63) is 41.5 Å². The normalized spacial score (nSPS) is 18.8. The number of hydrogen-bond donors (Lipinski definition) is 0. The molecule has 1 nitrogen and oxygen atoms in total. The lowest BCUT2D eigenvalue weighted by Crippen LogP contribution is -2.09. The van der Waals surface area contributed by atoms with E-state index in [4.69, 9.17) is 0 Å². The van der Waals surface area contributed by atoms with E-state index in [1.807, 2.05) is 12.3 Å². The standard InChI is InChI=1S/C16H21N/c1-14(12-15-8-4-2-5-9-15)13-17-16-10-6-3-7-11-16/h2,4-5,8-9,12-13,16H,3,6-7,10-11H2,1H3/b14-12+,17-13+. The molecule has 17 heavy (non-hydrogen) atoms. The Morgan fingerprint density at radius 3 is 2.53 bits per heavy atom. The van der Waals surface area contributed by atoms with E-state index >= 15 is 0 Å². The first-order valence-electron chi connectivity index (χ1n) is 6.61. The molecule has 0 aliphatic heterocycles. The molecule has 1 fully saturated rings. The van der Waals surface area contributed by atoms with E-state index in [1.54, 1.807) is 0 Å². The Morgan fingerprint density at radius 1 is 1.12 bits per heavy atom. The predicted molar refractivity (Wildman–Crippen MR) is 75.5 cm³/mol. The summed E-state index contributed by atoms with van der Waals surface area (Å²) in [6.07, 6.45) is 10.9. The van der Waals surface area contributed by atoms with Crippen molar-refractivity contribution in [1.82, 2.24) is 0 Å². The van der Waals surface area contributed by atoms with Crippen LogP contribution in [0.25, 0.3) is 6.08 Å². The first-order valence-corrected chi connectivity index (χ1v) is 6.61. The Kier molecular flexibility index (Phi) is 4.54. The minimum absolute atomic E-state index is 0.572. The fourth-order valence-corrected chi connectivity index (χ4v) is 2.30. The van der Waals surface area contributed by atoms with Crippen LogP contribution in [0.5, 0.6) is 0 Å². The highest BCUT2D eigenvalue weighted by Gasteiger charge is 2.10. The Bertz CT molecular complexity index is 383. The van der Waals surface area contributed by atoms with Crippen LogP contribution in [0.1, 0.15) is 44.6 Å². The number of benzene rings is 1. The van der Waals surface area contributed by atoms with Gasteiger partial charge in [-0.15, -0.1) is 0 Å². The predicted octanol–water partition coefficient (Wildman–Crippen LogP) is 4.49. The van der Waals surface area contributed by atoms with Gasteiger partial charge in [0.1, 0.15) is 0 Å². The topological polar surface area (TPSA) is 12.4 Å². The fraction of sp³-hybridized carbons (Fsp3) is 0.438. The SMILES string of the molecule is CC(/C=N/C1CCCCC1)=C\c1ccccc1. The molecule has 1 aromatic carbocycles. The zero-order chi connectivity index (χ0) is 11.9. The van der Waals surface area contributed by atoms with Crippen molar-refractivity contribution in [1.29, 1.82) is 0 Å². The van der Waals surface area contributed by atoms with Gasteiger partial charge in [0.05, 0.1) is 0 Å². The summed E-state index contributed by atoms with van der Waals surface area (Å²) in [6, 6.07) is 11.0. The van der Waals surface area contributed by atoms with Gasteiger partial charge in [0, 0.05) is 12.3 Å². The Labute approximate surface area is 104 Å². The largest absolute Gasteiger partial charge is 0.290 e. The number of nitrogens with zero attached hydrogens (tertiary/aromatic N) is 1. The van der Waals surface area contributed by atoms with E-state index in [-0.39, 0.29) is 0 Å². The second-order valence-electron chi connectivity index (χ2n) is 4.87. The van der Waals surface area contributed by atoms with Gasteiger partial charge in [0.25, 0.3) is 0 Å². The van der Waals surface area contributed by atoms with Crippen LogP contribution in [0.15, 0.2) is 40.9 Å². The first-order chi connectivity index (χ1) is 8.34. The maximum absolute atomic E-state index is 4.69. The average molecular weight is 227 g/mol. The minimum atomic E-state index is 0.572. The summed E-state index contributed by atoms with van der Waals surface area (Å²) in [5.41, 5.74) is 2.49. The van der Waals surface area contributed by atoms with E-state index in [0.717, 1.165) is 0 Å². The molecule has 0 spiro atoms. The zero-order valence-electron chi connectivity index (χ0n) is 10.6. The van der Waals surface area contributed by atoms with Gasteiger partial charge in [-0.05, 0) is 30.9 Å². The third-order valence-corrected chi connectivity index (χ3v) is 3.26. The third kappa shape index (κ3) is 4.18. The Balaban J connectivity index is 1.93. The molecule has 0 unspecified atom stereocenters. The number of aliphatic imine (C=N–C) groups is 1. The van der Waals surface area contributed by atoms with Gasteiger partial charge in [0.15, 0.2) is 0 Å². The Morgan fingerprint density at radius 2 is 1.82 bits per heavy atom. The van der Waals surface area contributed by atoms with Gasteiger partial charge in [-0.25, -0.2) is 0 Å². The summed E-state index contributed by atoms with van der Waals surface area (Å²) in [5.74, 6) is 0. The van der Waals surface area contributed by atoms with Gasteiger partial charge >= 0.3 is 0 Å². The van der Waals surface area contributed by atoms with Crippen molar-refractivity contribution in [3.8, 4) is 0 Å². The van der Waals surface area contributed by atoms with Crippen molar-refractivity contribution < 1.29 is 0 Å². The lowest BCUT2D eigenvalue weighted by atomic mass is 9.96. The molecule has 1 heteroatoms. The summed E-state index contributed by atoms with van der Waals surface area (Å²) >= 11 is 0. The number of hydrogen-bond acceptors (Lipinski definition) is 1. The second-order valence-corrected chi connectivity index (χ2v) is 4.87. The molecule has 0 heterocycles. The molecule has 0 amide bonds. The molecular weight excluding hydrogens is 206 g/mol. The van der Waals surface area contributed by atoms with Crippen LogP contribution in [0.4, 0.5) is 0 Å². The molecule has 1 aliphatic rings. The molecule has 1 saturated carbocycles. The van der Waals surface area contributed by atoms with Crippen molar-refractivity contribution in [3.63, 3.8) is 0 Å². The lowest BCUT2D eigenvalue weighted by Gasteiger charge is -2.17. The summed E-state index contributed by atoms with van der Waals surface area (Å²) in [6.45, 7) is 2.12.